The molecule has 2 atom stereocenters. The third-order valence-corrected chi connectivity index (χ3v) is 5.74. The van der Waals surface area contributed by atoms with Crippen molar-refractivity contribution in [2.24, 2.45) is 5.92 Å². The SMILES string of the molecule is CNC1(C#N)CCCC1CCN(C)C1CCCCCC1. The minimum atomic E-state index is -0.246. The zero-order valence-corrected chi connectivity index (χ0v) is 13.3. The Kier molecular flexibility index (Phi) is 5.86. The van der Waals surface area contributed by atoms with Gasteiger partial charge in [-0.1, -0.05) is 32.1 Å². The summed E-state index contributed by atoms with van der Waals surface area (Å²) < 4.78 is 0. The Morgan fingerprint density at radius 2 is 1.85 bits per heavy atom. The molecule has 0 aliphatic heterocycles. The van der Waals surface area contributed by atoms with Crippen molar-refractivity contribution < 1.29 is 0 Å². The maximum atomic E-state index is 9.51. The molecular formula is C17H31N3. The first-order valence-corrected chi connectivity index (χ1v) is 8.52. The first-order chi connectivity index (χ1) is 9.72. The molecule has 3 nitrogen and oxygen atoms in total. The topological polar surface area (TPSA) is 39.1 Å². The smallest absolute Gasteiger partial charge is 0.109 e. The molecule has 0 saturated heterocycles. The van der Waals surface area contributed by atoms with Crippen molar-refractivity contribution in [1.82, 2.24) is 10.2 Å². The zero-order valence-electron chi connectivity index (χ0n) is 13.3. The van der Waals surface area contributed by atoms with Crippen LogP contribution in [0.15, 0.2) is 0 Å². The van der Waals surface area contributed by atoms with Gasteiger partial charge in [-0.2, -0.15) is 5.26 Å². The lowest BCUT2D eigenvalue weighted by atomic mass is 9.86. The van der Waals surface area contributed by atoms with Crippen LogP contribution in [0.5, 0.6) is 0 Å². The molecule has 2 fully saturated rings. The average molecular weight is 277 g/mol. The van der Waals surface area contributed by atoms with Crippen LogP contribution in [0, 0.1) is 17.2 Å². The van der Waals surface area contributed by atoms with Crippen molar-refractivity contribution in [3.8, 4) is 6.07 Å². The molecule has 0 bridgehead atoms. The first kappa shape index (κ1) is 15.8. The van der Waals surface area contributed by atoms with Crippen molar-refractivity contribution in [2.45, 2.75) is 75.8 Å². The minimum Gasteiger partial charge on any atom is -0.303 e. The van der Waals surface area contributed by atoms with Crippen LogP contribution in [0.1, 0.15) is 64.2 Å². The standard InChI is InChI=1S/C17H31N3/c1-19-17(14-18)12-7-8-15(17)11-13-20(2)16-9-5-3-4-6-10-16/h15-16,19H,3-13H2,1-2H3. The monoisotopic (exact) mass is 277 g/mol. The van der Waals surface area contributed by atoms with E-state index < -0.39 is 0 Å². The Morgan fingerprint density at radius 3 is 2.45 bits per heavy atom. The second-order valence-electron chi connectivity index (χ2n) is 6.84. The Bertz CT molecular complexity index is 328. The van der Waals surface area contributed by atoms with Crippen LogP contribution >= 0.6 is 0 Å². The summed E-state index contributed by atoms with van der Waals surface area (Å²) in [5, 5.41) is 12.8. The van der Waals surface area contributed by atoms with Gasteiger partial charge in [-0.3, -0.25) is 0 Å². The van der Waals surface area contributed by atoms with Crippen LogP contribution in [0.2, 0.25) is 0 Å². The highest BCUT2D eigenvalue weighted by atomic mass is 15.1. The van der Waals surface area contributed by atoms with Crippen molar-refractivity contribution in [1.29, 1.82) is 5.26 Å². The fourth-order valence-corrected chi connectivity index (χ4v) is 4.24. The van der Waals surface area contributed by atoms with E-state index in [0.717, 1.165) is 19.0 Å². The highest BCUT2D eigenvalue weighted by Gasteiger charge is 2.41. The molecular weight excluding hydrogens is 246 g/mol. The Balaban J connectivity index is 1.83. The predicted molar refractivity (Wildman–Crippen MR) is 83.5 cm³/mol. The van der Waals surface area contributed by atoms with Crippen molar-refractivity contribution in [3.63, 3.8) is 0 Å². The van der Waals surface area contributed by atoms with Gasteiger partial charge in [0.25, 0.3) is 0 Å². The highest BCUT2D eigenvalue weighted by Crippen LogP contribution is 2.37. The van der Waals surface area contributed by atoms with E-state index in [2.05, 4.69) is 23.3 Å². The first-order valence-electron chi connectivity index (χ1n) is 8.52. The molecule has 0 amide bonds. The van der Waals surface area contributed by atoms with Gasteiger partial charge in [0.15, 0.2) is 0 Å². The fraction of sp³-hybridized carbons (Fsp3) is 0.941. The second kappa shape index (κ2) is 7.43. The molecule has 1 N–H and O–H groups in total. The quantitative estimate of drug-likeness (QED) is 0.784. The molecule has 20 heavy (non-hydrogen) atoms. The van der Waals surface area contributed by atoms with E-state index in [1.165, 1.54) is 57.8 Å². The molecule has 0 aromatic heterocycles. The Morgan fingerprint density at radius 1 is 1.15 bits per heavy atom. The Labute approximate surface area is 124 Å². The number of rotatable bonds is 5. The van der Waals surface area contributed by atoms with Gasteiger partial charge in [0.1, 0.15) is 5.54 Å². The van der Waals surface area contributed by atoms with Crippen LogP contribution in [0.4, 0.5) is 0 Å². The molecule has 2 aliphatic carbocycles. The maximum absolute atomic E-state index is 9.51. The summed E-state index contributed by atoms with van der Waals surface area (Å²) in [6, 6.07) is 3.34. The molecule has 0 aromatic rings. The van der Waals surface area contributed by atoms with Crippen molar-refractivity contribution in [2.75, 3.05) is 20.6 Å². The predicted octanol–water partition coefficient (Wildman–Crippen LogP) is 3.31. The largest absolute Gasteiger partial charge is 0.303 e. The summed E-state index contributed by atoms with van der Waals surface area (Å²) in [6.45, 7) is 1.15. The van der Waals surface area contributed by atoms with Crippen LogP contribution < -0.4 is 5.32 Å². The van der Waals surface area contributed by atoms with E-state index in [0.29, 0.717) is 5.92 Å². The summed E-state index contributed by atoms with van der Waals surface area (Å²) in [5.41, 5.74) is -0.246. The summed E-state index contributed by atoms with van der Waals surface area (Å²) in [4.78, 5) is 2.57. The molecule has 3 heteroatoms. The molecule has 2 saturated carbocycles. The van der Waals surface area contributed by atoms with Crippen molar-refractivity contribution >= 4 is 0 Å². The summed E-state index contributed by atoms with van der Waals surface area (Å²) in [6.07, 6.45) is 13.0. The van der Waals surface area contributed by atoms with Crippen LogP contribution in [-0.2, 0) is 0 Å². The van der Waals surface area contributed by atoms with Gasteiger partial charge in [0.2, 0.25) is 0 Å². The molecule has 0 radical (unpaired) electrons. The van der Waals surface area contributed by atoms with Crippen LogP contribution in [0.3, 0.4) is 0 Å². The summed E-state index contributed by atoms with van der Waals surface area (Å²) >= 11 is 0. The summed E-state index contributed by atoms with van der Waals surface area (Å²) in [5.74, 6) is 0.533. The van der Waals surface area contributed by atoms with E-state index in [9.17, 15) is 5.26 Å². The second-order valence-corrected chi connectivity index (χ2v) is 6.84. The van der Waals surface area contributed by atoms with Gasteiger partial charge in [0, 0.05) is 6.04 Å². The van der Waals surface area contributed by atoms with Gasteiger partial charge in [-0.05, 0) is 58.7 Å². The van der Waals surface area contributed by atoms with Gasteiger partial charge in [-0.15, -0.1) is 0 Å². The summed E-state index contributed by atoms with van der Waals surface area (Å²) in [7, 11) is 4.24. The minimum absolute atomic E-state index is 0.246. The van der Waals surface area contributed by atoms with E-state index >= 15 is 0 Å². The third kappa shape index (κ3) is 3.54. The van der Waals surface area contributed by atoms with Crippen LogP contribution in [-0.4, -0.2) is 37.1 Å². The number of hydrogen-bond donors (Lipinski definition) is 1. The van der Waals surface area contributed by atoms with Gasteiger partial charge >= 0.3 is 0 Å². The zero-order chi connectivity index (χ0) is 14.4. The number of nitrogens with one attached hydrogen (secondary N) is 1. The molecule has 0 spiro atoms. The van der Waals surface area contributed by atoms with E-state index in [1.807, 2.05) is 7.05 Å². The molecule has 2 unspecified atom stereocenters. The highest BCUT2D eigenvalue weighted by molar-refractivity contribution is 5.13. The molecule has 0 heterocycles. The molecule has 114 valence electrons. The number of nitriles is 1. The maximum Gasteiger partial charge on any atom is 0.109 e. The molecule has 2 aliphatic rings. The number of hydrogen-bond acceptors (Lipinski definition) is 3. The lowest BCUT2D eigenvalue weighted by molar-refractivity contribution is 0.192. The van der Waals surface area contributed by atoms with Gasteiger partial charge in [0.05, 0.1) is 6.07 Å². The van der Waals surface area contributed by atoms with E-state index in [1.54, 1.807) is 0 Å². The van der Waals surface area contributed by atoms with E-state index in [4.69, 9.17) is 0 Å². The normalized spacial score (nSPS) is 32.2. The Hall–Kier alpha value is -0.590. The van der Waals surface area contributed by atoms with Gasteiger partial charge in [-0.25, -0.2) is 0 Å². The molecule has 2 rings (SSSR count). The van der Waals surface area contributed by atoms with Crippen molar-refractivity contribution in [3.05, 3.63) is 0 Å². The fourth-order valence-electron chi connectivity index (χ4n) is 4.24. The number of nitrogens with zero attached hydrogens (tertiary/aromatic N) is 2. The molecule has 0 aromatic carbocycles. The van der Waals surface area contributed by atoms with Gasteiger partial charge < -0.3 is 10.2 Å². The lowest BCUT2D eigenvalue weighted by Gasteiger charge is -2.32. The van der Waals surface area contributed by atoms with E-state index in [-0.39, 0.29) is 5.54 Å². The lowest BCUT2D eigenvalue weighted by Crippen LogP contribution is -2.46. The average Bonchev–Trinajstić information content (AvgIpc) is 2.69. The van der Waals surface area contributed by atoms with Crippen LogP contribution in [0.25, 0.3) is 0 Å². The third-order valence-electron chi connectivity index (χ3n) is 5.74.